The van der Waals surface area contributed by atoms with Crippen molar-refractivity contribution in [1.29, 1.82) is 0 Å². The van der Waals surface area contributed by atoms with Crippen LogP contribution in [0.1, 0.15) is 5.56 Å². The fourth-order valence-electron chi connectivity index (χ4n) is 1.67. The highest BCUT2D eigenvalue weighted by atomic mass is 19.1. The van der Waals surface area contributed by atoms with Crippen LogP contribution in [0.25, 0.3) is 0 Å². The van der Waals surface area contributed by atoms with Crippen LogP contribution in [0.15, 0.2) is 36.4 Å². The van der Waals surface area contributed by atoms with Crippen LogP contribution in [0.4, 0.5) is 15.8 Å². The van der Waals surface area contributed by atoms with Crippen LogP contribution in [-0.2, 0) is 6.54 Å². The zero-order chi connectivity index (χ0) is 14.7. The molecule has 2 rings (SSSR count). The molecule has 0 unspecified atom stereocenters. The lowest BCUT2D eigenvalue weighted by molar-refractivity contribution is -0.385. The fraction of sp³-hybridized carbons (Fsp3) is 0.0769. The molecule has 0 saturated carbocycles. The smallest absolute Gasteiger partial charge is 0.272 e. The van der Waals surface area contributed by atoms with E-state index in [-0.39, 0.29) is 29.4 Å². The molecule has 20 heavy (non-hydrogen) atoms. The minimum absolute atomic E-state index is 0.0644. The van der Waals surface area contributed by atoms with Crippen molar-refractivity contribution in [3.8, 4) is 11.5 Å². The molecular weight excluding hydrogens is 267 g/mol. The van der Waals surface area contributed by atoms with Crippen molar-refractivity contribution in [1.82, 2.24) is 0 Å². The molecule has 0 aliphatic rings. The number of nitrogens with zero attached hydrogens (tertiary/aromatic N) is 1. The molecule has 2 aromatic rings. The van der Waals surface area contributed by atoms with Crippen LogP contribution >= 0.6 is 0 Å². The Morgan fingerprint density at radius 1 is 1.25 bits per heavy atom. The number of aromatic hydroxyl groups is 2. The van der Waals surface area contributed by atoms with E-state index in [1.165, 1.54) is 24.3 Å². The number of benzene rings is 2. The Hall–Kier alpha value is -2.83. The predicted octanol–water partition coefficient (Wildman–Crippen LogP) is 2.76. The lowest BCUT2D eigenvalue weighted by Crippen LogP contribution is -2.02. The van der Waals surface area contributed by atoms with Gasteiger partial charge in [0.2, 0.25) is 0 Å². The summed E-state index contributed by atoms with van der Waals surface area (Å²) in [6.07, 6.45) is 0. The van der Waals surface area contributed by atoms with Gasteiger partial charge in [-0.1, -0.05) is 12.1 Å². The molecule has 7 heteroatoms. The highest BCUT2D eigenvalue weighted by molar-refractivity contribution is 5.52. The van der Waals surface area contributed by atoms with Gasteiger partial charge in [0, 0.05) is 18.2 Å². The maximum Gasteiger partial charge on any atom is 0.272 e. The largest absolute Gasteiger partial charge is 0.504 e. The lowest BCUT2D eigenvalue weighted by Gasteiger charge is -2.09. The van der Waals surface area contributed by atoms with Crippen LogP contribution in [0.5, 0.6) is 11.5 Å². The normalized spacial score (nSPS) is 10.2. The van der Waals surface area contributed by atoms with Gasteiger partial charge in [0.15, 0.2) is 17.3 Å². The number of nitrogens with one attached hydrogen (secondary N) is 1. The maximum absolute atomic E-state index is 13.6. The van der Waals surface area contributed by atoms with Crippen LogP contribution in [0.2, 0.25) is 0 Å². The number of nitro groups is 1. The first-order valence-electron chi connectivity index (χ1n) is 5.66. The third-order valence-corrected chi connectivity index (χ3v) is 2.73. The van der Waals surface area contributed by atoms with Gasteiger partial charge in [-0.3, -0.25) is 10.1 Å². The first kappa shape index (κ1) is 13.6. The summed E-state index contributed by atoms with van der Waals surface area (Å²) in [7, 11) is 0. The summed E-state index contributed by atoms with van der Waals surface area (Å²) < 4.78 is 13.6. The third-order valence-electron chi connectivity index (χ3n) is 2.73. The van der Waals surface area contributed by atoms with E-state index in [1.54, 1.807) is 6.07 Å². The van der Waals surface area contributed by atoms with Gasteiger partial charge in [-0.2, -0.15) is 0 Å². The van der Waals surface area contributed by atoms with Crippen LogP contribution in [0.3, 0.4) is 0 Å². The summed E-state index contributed by atoms with van der Waals surface area (Å²) in [6.45, 7) is 0.0644. The van der Waals surface area contributed by atoms with E-state index < -0.39 is 10.7 Å². The van der Waals surface area contributed by atoms with Crippen molar-refractivity contribution in [2.75, 3.05) is 5.32 Å². The number of non-ortho nitro benzene ring substituents is 1. The minimum atomic E-state index is -0.765. The van der Waals surface area contributed by atoms with Gasteiger partial charge in [-0.25, -0.2) is 4.39 Å². The average Bonchev–Trinajstić information content (AvgIpc) is 2.41. The van der Waals surface area contributed by atoms with Crippen LogP contribution in [0, 0.1) is 15.9 Å². The number of para-hydroxylation sites is 1. The van der Waals surface area contributed by atoms with Crippen molar-refractivity contribution in [2.45, 2.75) is 6.54 Å². The summed E-state index contributed by atoms with van der Waals surface area (Å²) in [4.78, 5) is 9.80. The Morgan fingerprint density at radius 2 is 2.00 bits per heavy atom. The Morgan fingerprint density at radius 3 is 2.65 bits per heavy atom. The number of hydrogen-bond donors (Lipinski definition) is 3. The van der Waals surface area contributed by atoms with Crippen LogP contribution < -0.4 is 5.32 Å². The van der Waals surface area contributed by atoms with Gasteiger partial charge >= 0.3 is 0 Å². The van der Waals surface area contributed by atoms with E-state index in [9.17, 15) is 24.7 Å². The predicted molar refractivity (Wildman–Crippen MR) is 70.2 cm³/mol. The number of halogens is 1. The second-order valence-electron chi connectivity index (χ2n) is 4.06. The maximum atomic E-state index is 13.6. The molecule has 0 fully saturated rings. The quantitative estimate of drug-likeness (QED) is 0.454. The molecule has 0 bridgehead atoms. The molecule has 3 N–H and O–H groups in total. The van der Waals surface area contributed by atoms with Gasteiger partial charge in [-0.15, -0.1) is 0 Å². The summed E-state index contributed by atoms with van der Waals surface area (Å²) in [5.41, 5.74) is 0.106. The van der Waals surface area contributed by atoms with E-state index in [1.807, 2.05) is 0 Å². The molecule has 0 aromatic heterocycles. The van der Waals surface area contributed by atoms with E-state index in [4.69, 9.17) is 0 Å². The van der Waals surface area contributed by atoms with Crippen molar-refractivity contribution in [3.05, 3.63) is 57.9 Å². The second-order valence-corrected chi connectivity index (χ2v) is 4.06. The SMILES string of the molecule is O=[N+]([O-])c1ccc(NCc2cccc(O)c2O)c(F)c1. The highest BCUT2D eigenvalue weighted by Crippen LogP contribution is 2.29. The molecule has 0 aliphatic carbocycles. The molecule has 104 valence electrons. The minimum Gasteiger partial charge on any atom is -0.504 e. The van der Waals surface area contributed by atoms with Gasteiger partial charge in [0.05, 0.1) is 16.7 Å². The zero-order valence-electron chi connectivity index (χ0n) is 10.2. The molecule has 0 saturated heterocycles. The number of rotatable bonds is 4. The second kappa shape index (κ2) is 5.43. The van der Waals surface area contributed by atoms with Gasteiger partial charge in [-0.05, 0) is 12.1 Å². The van der Waals surface area contributed by atoms with Crippen molar-refractivity contribution >= 4 is 11.4 Å². The van der Waals surface area contributed by atoms with Gasteiger partial charge in [0.1, 0.15) is 0 Å². The molecule has 0 heterocycles. The number of phenolic OH excluding ortho intramolecular Hbond substituents is 2. The van der Waals surface area contributed by atoms with E-state index in [0.29, 0.717) is 5.56 Å². The van der Waals surface area contributed by atoms with Crippen molar-refractivity contribution in [3.63, 3.8) is 0 Å². The van der Waals surface area contributed by atoms with Crippen molar-refractivity contribution < 1.29 is 19.5 Å². The number of anilines is 1. The summed E-state index contributed by atoms with van der Waals surface area (Å²) in [5, 5.41) is 32.1. The first-order valence-corrected chi connectivity index (χ1v) is 5.66. The topological polar surface area (TPSA) is 95.6 Å². The van der Waals surface area contributed by atoms with E-state index in [2.05, 4.69) is 5.32 Å². The standard InChI is InChI=1S/C13H11FN2O4/c14-10-6-9(16(19)20)4-5-11(10)15-7-8-2-1-3-12(17)13(8)18/h1-6,15,17-18H,7H2. The monoisotopic (exact) mass is 278 g/mol. The third kappa shape index (κ3) is 2.77. The summed E-state index contributed by atoms with van der Waals surface area (Å²) in [6, 6.07) is 7.65. The number of nitro benzene ring substituents is 1. The molecule has 0 atom stereocenters. The van der Waals surface area contributed by atoms with E-state index in [0.717, 1.165) is 6.07 Å². The molecule has 2 aromatic carbocycles. The average molecular weight is 278 g/mol. The Labute approximate surface area is 113 Å². The fourth-order valence-corrected chi connectivity index (χ4v) is 1.67. The number of phenols is 2. The highest BCUT2D eigenvalue weighted by Gasteiger charge is 2.11. The molecule has 0 amide bonds. The van der Waals surface area contributed by atoms with E-state index >= 15 is 0 Å². The van der Waals surface area contributed by atoms with Gasteiger partial charge < -0.3 is 15.5 Å². The Bertz CT molecular complexity index is 661. The molecular formula is C13H11FN2O4. The zero-order valence-corrected chi connectivity index (χ0v) is 10.2. The molecule has 0 spiro atoms. The Kier molecular flexibility index (Phi) is 3.69. The molecule has 0 aliphatic heterocycles. The summed E-state index contributed by atoms with van der Waals surface area (Å²) >= 11 is 0. The Balaban J connectivity index is 2.15. The molecule has 6 nitrogen and oxygen atoms in total. The summed E-state index contributed by atoms with van der Waals surface area (Å²) in [5.74, 6) is -1.32. The van der Waals surface area contributed by atoms with Crippen molar-refractivity contribution in [2.24, 2.45) is 0 Å². The van der Waals surface area contributed by atoms with Gasteiger partial charge in [0.25, 0.3) is 5.69 Å². The van der Waals surface area contributed by atoms with Crippen LogP contribution in [-0.4, -0.2) is 15.1 Å². The lowest BCUT2D eigenvalue weighted by atomic mass is 10.2. The first-order chi connectivity index (χ1) is 9.49. The number of hydrogen-bond acceptors (Lipinski definition) is 5. The molecule has 0 radical (unpaired) electrons.